The number of ether oxygens (including phenoxy) is 1. The van der Waals surface area contributed by atoms with Crippen molar-refractivity contribution in [3.8, 4) is 5.75 Å². The molecule has 1 aliphatic heterocycles. The average molecular weight is 360 g/mol. The van der Waals surface area contributed by atoms with Crippen LogP contribution in [-0.4, -0.2) is 25.1 Å². The first-order chi connectivity index (χ1) is 12.8. The molecule has 0 radical (unpaired) electrons. The van der Waals surface area contributed by atoms with Crippen molar-refractivity contribution >= 4 is 0 Å². The van der Waals surface area contributed by atoms with Gasteiger partial charge >= 0.3 is 0 Å². The van der Waals surface area contributed by atoms with Crippen molar-refractivity contribution in [3.05, 3.63) is 29.3 Å². The topological polar surface area (TPSA) is 12.5 Å². The van der Waals surface area contributed by atoms with Crippen molar-refractivity contribution in [3.63, 3.8) is 0 Å². The lowest BCUT2D eigenvalue weighted by Gasteiger charge is -2.25. The molecule has 2 rings (SSSR count). The zero-order chi connectivity index (χ0) is 18.5. The lowest BCUT2D eigenvalue weighted by Crippen LogP contribution is -2.26. The van der Waals surface area contributed by atoms with Gasteiger partial charge in [-0.3, -0.25) is 0 Å². The Balaban J connectivity index is 1.43. The highest BCUT2D eigenvalue weighted by atomic mass is 16.5. The molecule has 1 aromatic rings. The van der Waals surface area contributed by atoms with Crippen LogP contribution in [0.1, 0.15) is 95.1 Å². The Hall–Kier alpha value is -1.02. The lowest BCUT2D eigenvalue weighted by molar-refractivity contribution is 0.298. The number of benzene rings is 1. The molecular formula is C24H41NO. The Morgan fingerprint density at radius 3 is 2.08 bits per heavy atom. The molecule has 0 amide bonds. The second kappa shape index (κ2) is 13.2. The summed E-state index contributed by atoms with van der Waals surface area (Å²) < 4.78 is 5.98. The molecule has 0 fully saturated rings. The molecule has 2 nitrogen and oxygen atoms in total. The molecule has 26 heavy (non-hydrogen) atoms. The van der Waals surface area contributed by atoms with Crippen molar-refractivity contribution in [1.82, 2.24) is 4.90 Å². The second-order valence-electron chi connectivity index (χ2n) is 8.16. The average Bonchev–Trinajstić information content (AvgIpc) is 2.65. The number of nitrogens with zero attached hydrogens (tertiary/aromatic N) is 1. The maximum absolute atomic E-state index is 5.98. The van der Waals surface area contributed by atoms with Crippen LogP contribution in [0.2, 0.25) is 0 Å². The highest BCUT2D eigenvalue weighted by Crippen LogP contribution is 2.23. The van der Waals surface area contributed by atoms with Crippen LogP contribution >= 0.6 is 0 Å². The molecule has 1 aliphatic rings. The Morgan fingerprint density at radius 2 is 1.42 bits per heavy atom. The summed E-state index contributed by atoms with van der Waals surface area (Å²) in [6.45, 7) is 5.40. The summed E-state index contributed by atoms with van der Waals surface area (Å²) in [6.07, 6.45) is 17.9. The fourth-order valence-electron chi connectivity index (χ4n) is 3.89. The van der Waals surface area contributed by atoms with E-state index in [0.29, 0.717) is 0 Å². The fourth-order valence-corrected chi connectivity index (χ4v) is 3.89. The monoisotopic (exact) mass is 359 g/mol. The third kappa shape index (κ3) is 8.58. The first-order valence-corrected chi connectivity index (χ1v) is 11.2. The van der Waals surface area contributed by atoms with E-state index in [4.69, 9.17) is 4.74 Å². The number of fused-ring (bicyclic) bond motifs is 1. The standard InChI is InChI=1S/C24H41NO/c1-3-4-5-6-7-8-9-10-11-12-13-14-19-26-24-16-15-23-21-25(2)18-17-22(23)20-24/h15-16,20H,3-14,17-19,21H2,1-2H3. The van der Waals surface area contributed by atoms with Crippen LogP contribution in [0.3, 0.4) is 0 Å². The van der Waals surface area contributed by atoms with Crippen molar-refractivity contribution in [2.75, 3.05) is 20.2 Å². The van der Waals surface area contributed by atoms with Gasteiger partial charge in [0.05, 0.1) is 6.61 Å². The van der Waals surface area contributed by atoms with Crippen LogP contribution < -0.4 is 4.74 Å². The van der Waals surface area contributed by atoms with Crippen LogP contribution in [-0.2, 0) is 13.0 Å². The van der Waals surface area contributed by atoms with E-state index >= 15 is 0 Å². The maximum Gasteiger partial charge on any atom is 0.119 e. The third-order valence-electron chi connectivity index (χ3n) is 5.65. The van der Waals surface area contributed by atoms with E-state index in [-0.39, 0.29) is 0 Å². The molecule has 148 valence electrons. The van der Waals surface area contributed by atoms with Gasteiger partial charge in [0.2, 0.25) is 0 Å². The van der Waals surface area contributed by atoms with Gasteiger partial charge in [-0.2, -0.15) is 0 Å². The molecule has 0 unspecified atom stereocenters. The van der Waals surface area contributed by atoms with Crippen molar-refractivity contribution in [2.45, 2.75) is 96.9 Å². The maximum atomic E-state index is 5.98. The Kier molecular flexibility index (Phi) is 10.8. The SMILES string of the molecule is CCCCCCCCCCCCCCOc1ccc2c(c1)CCN(C)C2. The molecule has 0 atom stereocenters. The molecule has 0 aliphatic carbocycles. The quantitative estimate of drug-likeness (QED) is 0.340. The van der Waals surface area contributed by atoms with E-state index < -0.39 is 0 Å². The smallest absolute Gasteiger partial charge is 0.119 e. The zero-order valence-corrected chi connectivity index (χ0v) is 17.4. The van der Waals surface area contributed by atoms with Crippen molar-refractivity contribution in [2.24, 2.45) is 0 Å². The summed E-state index contributed by atoms with van der Waals surface area (Å²) in [7, 11) is 2.20. The van der Waals surface area contributed by atoms with Gasteiger partial charge in [-0.15, -0.1) is 0 Å². The Morgan fingerprint density at radius 1 is 0.808 bits per heavy atom. The largest absolute Gasteiger partial charge is 0.494 e. The molecule has 0 spiro atoms. The van der Waals surface area contributed by atoms with Gasteiger partial charge in [-0.25, -0.2) is 0 Å². The summed E-state index contributed by atoms with van der Waals surface area (Å²) in [4.78, 5) is 2.38. The molecular weight excluding hydrogens is 318 g/mol. The number of hydrogen-bond donors (Lipinski definition) is 0. The van der Waals surface area contributed by atoms with Gasteiger partial charge in [-0.05, 0) is 43.1 Å². The molecule has 0 saturated heterocycles. The normalized spacial score (nSPS) is 14.4. The minimum absolute atomic E-state index is 0.871. The van der Waals surface area contributed by atoms with Gasteiger partial charge in [0.25, 0.3) is 0 Å². The van der Waals surface area contributed by atoms with Gasteiger partial charge in [-0.1, -0.05) is 83.6 Å². The van der Waals surface area contributed by atoms with Crippen LogP contribution in [0.25, 0.3) is 0 Å². The summed E-state index contributed by atoms with van der Waals surface area (Å²) in [6, 6.07) is 6.67. The highest BCUT2D eigenvalue weighted by Gasteiger charge is 2.13. The highest BCUT2D eigenvalue weighted by molar-refractivity contribution is 5.37. The summed E-state index contributed by atoms with van der Waals surface area (Å²) in [5.41, 5.74) is 2.95. The van der Waals surface area contributed by atoms with E-state index in [2.05, 4.69) is 37.1 Å². The summed E-state index contributed by atoms with van der Waals surface area (Å²) >= 11 is 0. The van der Waals surface area contributed by atoms with Crippen LogP contribution in [0.4, 0.5) is 0 Å². The van der Waals surface area contributed by atoms with Gasteiger partial charge in [0, 0.05) is 13.1 Å². The van der Waals surface area contributed by atoms with E-state index in [1.807, 2.05) is 0 Å². The van der Waals surface area contributed by atoms with Gasteiger partial charge in [0.15, 0.2) is 0 Å². The Bertz CT molecular complexity index is 485. The van der Waals surface area contributed by atoms with Crippen LogP contribution in [0.5, 0.6) is 5.75 Å². The number of unbranched alkanes of at least 4 members (excludes halogenated alkanes) is 11. The molecule has 1 aromatic carbocycles. The molecule has 0 bridgehead atoms. The summed E-state index contributed by atoms with van der Waals surface area (Å²) in [5, 5.41) is 0. The van der Waals surface area contributed by atoms with E-state index in [9.17, 15) is 0 Å². The van der Waals surface area contributed by atoms with Gasteiger partial charge in [0.1, 0.15) is 5.75 Å². The number of likely N-dealkylation sites (N-methyl/N-ethyl adjacent to an activating group) is 1. The molecule has 2 heteroatoms. The first kappa shape index (κ1) is 21.3. The molecule has 0 N–H and O–H groups in total. The minimum atomic E-state index is 0.871. The lowest BCUT2D eigenvalue weighted by atomic mass is 10.00. The zero-order valence-electron chi connectivity index (χ0n) is 17.4. The fraction of sp³-hybridized carbons (Fsp3) is 0.750. The Labute approximate surface area is 162 Å². The second-order valence-corrected chi connectivity index (χ2v) is 8.16. The molecule has 0 saturated carbocycles. The number of hydrogen-bond acceptors (Lipinski definition) is 2. The minimum Gasteiger partial charge on any atom is -0.494 e. The predicted octanol–water partition coefficient (Wildman–Crippen LogP) is 6.75. The van der Waals surface area contributed by atoms with E-state index in [1.165, 1.54) is 88.2 Å². The van der Waals surface area contributed by atoms with E-state index in [1.54, 1.807) is 0 Å². The van der Waals surface area contributed by atoms with E-state index in [0.717, 1.165) is 31.9 Å². The number of rotatable bonds is 14. The van der Waals surface area contributed by atoms with Crippen LogP contribution in [0, 0.1) is 0 Å². The molecule has 1 heterocycles. The van der Waals surface area contributed by atoms with Crippen molar-refractivity contribution < 1.29 is 4.74 Å². The third-order valence-corrected chi connectivity index (χ3v) is 5.65. The van der Waals surface area contributed by atoms with Gasteiger partial charge < -0.3 is 9.64 Å². The molecule has 0 aromatic heterocycles. The van der Waals surface area contributed by atoms with Crippen molar-refractivity contribution in [1.29, 1.82) is 0 Å². The predicted molar refractivity (Wildman–Crippen MR) is 113 cm³/mol. The summed E-state index contributed by atoms with van der Waals surface area (Å²) in [5.74, 6) is 1.07. The first-order valence-electron chi connectivity index (χ1n) is 11.2. The van der Waals surface area contributed by atoms with Crippen LogP contribution in [0.15, 0.2) is 18.2 Å².